The first kappa shape index (κ1) is 50.2. The quantitative estimate of drug-likeness (QED) is 0.0654. The SMILES string of the molecule is CCN(CC)CC.COC1OC(COC2C(OP(=O)(O)OP(=O)(O)OC[C@H]3O[C@@H](n4ccc(=O)[nH]c4=O)[C@H](O)[C@@H]3O)OC(CO)C(O)C2O)C(O)C(O)C1NC(C)=O. The molecule has 3 aliphatic heterocycles. The molecule has 1 amide bonds. The van der Waals surface area contributed by atoms with Crippen molar-refractivity contribution in [2.75, 3.05) is 46.6 Å². The molecule has 26 nitrogen and oxygen atoms in total. The summed E-state index contributed by atoms with van der Waals surface area (Å²) < 4.78 is 66.5. The Hall–Kier alpha value is -2.11. The minimum atomic E-state index is -5.81. The molecular formula is C30H54N4O22P2. The van der Waals surface area contributed by atoms with Crippen molar-refractivity contribution in [3.05, 3.63) is 33.1 Å². The maximum absolute atomic E-state index is 12.9. The maximum atomic E-state index is 12.9. The van der Waals surface area contributed by atoms with Crippen molar-refractivity contribution in [2.45, 2.75) is 114 Å². The van der Waals surface area contributed by atoms with Gasteiger partial charge in [-0.1, -0.05) is 20.8 Å². The number of aromatic nitrogens is 2. The summed E-state index contributed by atoms with van der Waals surface area (Å²) in [6.07, 6.45) is -22.1. The van der Waals surface area contributed by atoms with Gasteiger partial charge in [0.05, 0.1) is 19.8 Å². The second kappa shape index (κ2) is 22.1. The zero-order valence-electron chi connectivity index (χ0n) is 32.1. The number of phosphoric acid groups is 2. The molecule has 3 aliphatic rings. The number of H-pyrrole nitrogens is 1. The van der Waals surface area contributed by atoms with Crippen LogP contribution in [0.25, 0.3) is 0 Å². The number of nitrogens with one attached hydrogen (secondary N) is 2. The Bertz CT molecular complexity index is 1660. The van der Waals surface area contributed by atoms with E-state index in [1.54, 1.807) is 0 Å². The van der Waals surface area contributed by atoms with Crippen molar-refractivity contribution in [3.63, 3.8) is 0 Å². The smallest absolute Gasteiger partial charge is 0.394 e. The number of amides is 1. The number of aromatic amines is 1. The number of carbonyl (C=O) groups excluding carboxylic acids is 1. The molecule has 0 radical (unpaired) electrons. The van der Waals surface area contributed by atoms with E-state index in [1.165, 1.54) is 26.7 Å². The fraction of sp³-hybridized carbons (Fsp3) is 0.833. The van der Waals surface area contributed by atoms with Gasteiger partial charge in [0.2, 0.25) is 5.91 Å². The molecular weight excluding hydrogens is 830 g/mol. The summed E-state index contributed by atoms with van der Waals surface area (Å²) in [4.78, 5) is 59.7. The van der Waals surface area contributed by atoms with E-state index in [4.69, 9.17) is 28.2 Å². The van der Waals surface area contributed by atoms with Crippen LogP contribution in [0.4, 0.5) is 0 Å². The Morgan fingerprint density at radius 3 is 1.95 bits per heavy atom. The summed E-state index contributed by atoms with van der Waals surface area (Å²) in [6.45, 7) is 8.41. The van der Waals surface area contributed by atoms with Gasteiger partial charge < -0.3 is 79.4 Å². The van der Waals surface area contributed by atoms with Gasteiger partial charge in [-0.2, -0.15) is 4.31 Å². The lowest BCUT2D eigenvalue weighted by Crippen LogP contribution is -2.65. The number of aliphatic hydroxyl groups is 7. The zero-order chi connectivity index (χ0) is 43.7. The lowest BCUT2D eigenvalue weighted by molar-refractivity contribution is -0.307. The molecule has 4 rings (SSSR count). The van der Waals surface area contributed by atoms with E-state index >= 15 is 0 Å². The molecule has 16 atom stereocenters. The van der Waals surface area contributed by atoms with Gasteiger partial charge in [-0.3, -0.25) is 28.2 Å². The van der Waals surface area contributed by atoms with Crippen LogP contribution in [0.15, 0.2) is 21.9 Å². The minimum absolute atomic E-state index is 0.590. The molecule has 12 unspecified atom stereocenters. The van der Waals surface area contributed by atoms with Gasteiger partial charge >= 0.3 is 21.3 Å². The zero-order valence-corrected chi connectivity index (χ0v) is 33.9. The summed E-state index contributed by atoms with van der Waals surface area (Å²) in [6, 6.07) is -0.316. The molecule has 11 N–H and O–H groups in total. The standard InChI is InChI=1S/C24H39N3O22P2.C6H15N/c1-8(29)25-13-17(34)15(32)10(47-22(13)42-2)6-43-20-18(35)14(31)9(5-28)46-23(20)48-51(40,41)49-50(38,39)44-7-11-16(33)19(36)21(45-11)27-4-3-12(30)26-24(27)37;1-4-7(5-2)6-3/h3-4,9-11,13-23,28,31-36H,5-7H2,1-2H3,(H,25,29)(H,38,39)(H,40,41)(H,26,30,37);4-6H2,1-3H3/t9?,10?,11-,13?,14?,15?,16-,17?,18?,19-,20?,21-,22?,23?;/m1./s1. The summed E-state index contributed by atoms with van der Waals surface area (Å²) in [5.74, 6) is -0.590. The van der Waals surface area contributed by atoms with Crippen molar-refractivity contribution in [3.8, 4) is 0 Å². The van der Waals surface area contributed by atoms with Crippen LogP contribution in [0.1, 0.15) is 33.9 Å². The Labute approximate surface area is 331 Å². The average Bonchev–Trinajstić information content (AvgIpc) is 3.43. The van der Waals surface area contributed by atoms with E-state index < -0.39 is 139 Å². The normalized spacial score (nSPS) is 36.1. The van der Waals surface area contributed by atoms with Crippen LogP contribution in [0.2, 0.25) is 0 Å². The molecule has 1 aromatic rings. The van der Waals surface area contributed by atoms with Gasteiger partial charge in [-0.25, -0.2) is 13.9 Å². The summed E-state index contributed by atoms with van der Waals surface area (Å²) >= 11 is 0. The van der Waals surface area contributed by atoms with Crippen LogP contribution < -0.4 is 16.6 Å². The third kappa shape index (κ3) is 13.2. The van der Waals surface area contributed by atoms with Crippen molar-refractivity contribution >= 4 is 21.6 Å². The molecule has 0 saturated carbocycles. The fourth-order valence-corrected chi connectivity index (χ4v) is 8.20. The topological polar surface area (TPSA) is 377 Å². The summed E-state index contributed by atoms with van der Waals surface area (Å²) in [5.41, 5.74) is -1.81. The van der Waals surface area contributed by atoms with E-state index in [9.17, 15) is 69.0 Å². The van der Waals surface area contributed by atoms with Gasteiger partial charge in [-0.05, 0) is 19.6 Å². The Kier molecular flexibility index (Phi) is 19.2. The Morgan fingerprint density at radius 2 is 1.41 bits per heavy atom. The van der Waals surface area contributed by atoms with Gasteiger partial charge in [-0.15, -0.1) is 0 Å². The number of phosphoric ester groups is 2. The summed E-state index contributed by atoms with van der Waals surface area (Å²) in [7, 11) is -10.3. The molecule has 28 heteroatoms. The minimum Gasteiger partial charge on any atom is -0.394 e. The highest BCUT2D eigenvalue weighted by atomic mass is 31.3. The van der Waals surface area contributed by atoms with Gasteiger partial charge in [0.15, 0.2) is 18.8 Å². The first-order valence-electron chi connectivity index (χ1n) is 17.9. The highest BCUT2D eigenvalue weighted by Crippen LogP contribution is 2.61. The molecule has 4 heterocycles. The van der Waals surface area contributed by atoms with Crippen LogP contribution in [-0.4, -0.2) is 192 Å². The predicted octanol–water partition coefficient (Wildman–Crippen LogP) is -4.82. The maximum Gasteiger partial charge on any atom is 0.483 e. The van der Waals surface area contributed by atoms with Crippen molar-refractivity contribution < 1.29 is 96.5 Å². The van der Waals surface area contributed by atoms with Gasteiger partial charge in [0.1, 0.15) is 67.1 Å². The second-order valence-electron chi connectivity index (χ2n) is 13.1. The highest BCUT2D eigenvalue weighted by molar-refractivity contribution is 7.61. The molecule has 58 heavy (non-hydrogen) atoms. The van der Waals surface area contributed by atoms with E-state index in [0.717, 1.165) is 19.2 Å². The first-order valence-corrected chi connectivity index (χ1v) is 20.9. The van der Waals surface area contributed by atoms with Crippen LogP contribution in [0.3, 0.4) is 0 Å². The molecule has 3 fully saturated rings. The molecule has 336 valence electrons. The number of carbonyl (C=O) groups is 1. The molecule has 1 aromatic heterocycles. The van der Waals surface area contributed by atoms with E-state index in [1.807, 2.05) is 4.98 Å². The number of hydrogen-bond acceptors (Lipinski definition) is 21. The third-order valence-corrected chi connectivity index (χ3v) is 11.8. The average molecular weight is 885 g/mol. The van der Waals surface area contributed by atoms with Crippen LogP contribution in [0.5, 0.6) is 0 Å². The molecule has 0 bridgehead atoms. The van der Waals surface area contributed by atoms with E-state index in [2.05, 4.69) is 39.8 Å². The number of methoxy groups -OCH3 is 1. The highest BCUT2D eigenvalue weighted by Gasteiger charge is 2.52. The number of hydrogen-bond donors (Lipinski definition) is 11. The first-order chi connectivity index (χ1) is 27.1. The van der Waals surface area contributed by atoms with Crippen LogP contribution >= 0.6 is 15.6 Å². The molecule has 0 aliphatic carbocycles. The van der Waals surface area contributed by atoms with Gasteiger partial charge in [0.25, 0.3) is 5.56 Å². The lowest BCUT2D eigenvalue weighted by Gasteiger charge is -2.44. The number of ether oxygens (including phenoxy) is 5. The van der Waals surface area contributed by atoms with Crippen molar-refractivity contribution in [1.82, 2.24) is 19.8 Å². The number of rotatable bonds is 17. The number of aliphatic hydroxyl groups excluding tert-OH is 7. The summed E-state index contributed by atoms with van der Waals surface area (Å²) in [5, 5.41) is 74.7. The lowest BCUT2D eigenvalue weighted by atomic mass is 9.96. The fourth-order valence-electron chi connectivity index (χ4n) is 6.05. The monoisotopic (exact) mass is 884 g/mol. The molecule has 3 saturated heterocycles. The Morgan fingerprint density at radius 1 is 0.845 bits per heavy atom. The molecule has 0 spiro atoms. The van der Waals surface area contributed by atoms with Crippen LogP contribution in [0, 0.1) is 0 Å². The van der Waals surface area contributed by atoms with E-state index in [0.29, 0.717) is 4.57 Å². The largest absolute Gasteiger partial charge is 0.483 e. The second-order valence-corrected chi connectivity index (χ2v) is 16.1. The Balaban J connectivity index is 0.00000117. The van der Waals surface area contributed by atoms with Crippen molar-refractivity contribution in [1.29, 1.82) is 0 Å². The number of nitrogens with zero attached hydrogens (tertiary/aromatic N) is 2. The van der Waals surface area contributed by atoms with Crippen molar-refractivity contribution in [2.24, 2.45) is 0 Å². The van der Waals surface area contributed by atoms with Crippen LogP contribution in [-0.2, 0) is 51.0 Å². The van der Waals surface area contributed by atoms with Gasteiger partial charge in [0, 0.05) is 26.3 Å². The van der Waals surface area contributed by atoms with E-state index in [-0.39, 0.29) is 0 Å². The predicted molar refractivity (Wildman–Crippen MR) is 191 cm³/mol. The third-order valence-electron chi connectivity index (χ3n) is 9.23. The molecule has 0 aromatic carbocycles.